The Kier molecular flexibility index (Phi) is 4.93. The standard InChI is InChI=1S/C26H26F2N2O6/c1-14-7-19-15(9-22-24(2,13-32)34-17(12-31)11-30(19)22)8-18(14)29-23(33)25(5-6-25)16-3-4-20-21(10-16)36-26(27,28)35-20/h3-4,7-10,17,31-32H,5-6,11-13H2,1-2H3,(H,29,33)/t17-,24?/m1/s1. The molecule has 6 rings (SSSR count). The van der Waals surface area contributed by atoms with Crippen LogP contribution in [0.25, 0.3) is 10.9 Å². The second-order valence-corrected chi connectivity index (χ2v) is 10.0. The Hall–Kier alpha value is -3.21. The van der Waals surface area contributed by atoms with Gasteiger partial charge in [0.1, 0.15) is 5.60 Å². The van der Waals surface area contributed by atoms with Gasteiger partial charge < -0.3 is 34.3 Å². The molecular formula is C26H26F2N2O6. The number of fused-ring (bicyclic) bond motifs is 4. The van der Waals surface area contributed by atoms with E-state index in [1.165, 1.54) is 12.1 Å². The number of anilines is 1. The zero-order valence-electron chi connectivity index (χ0n) is 19.8. The van der Waals surface area contributed by atoms with E-state index in [0.717, 1.165) is 22.2 Å². The summed E-state index contributed by atoms with van der Waals surface area (Å²) < 4.78 is 43.9. The van der Waals surface area contributed by atoms with E-state index in [1.807, 2.05) is 29.7 Å². The fourth-order valence-electron chi connectivity index (χ4n) is 5.33. The van der Waals surface area contributed by atoms with Crippen LogP contribution in [0.4, 0.5) is 14.5 Å². The van der Waals surface area contributed by atoms with Crippen molar-refractivity contribution in [2.24, 2.45) is 0 Å². The molecule has 0 radical (unpaired) electrons. The van der Waals surface area contributed by atoms with Gasteiger partial charge in [-0.1, -0.05) is 6.07 Å². The van der Waals surface area contributed by atoms with Gasteiger partial charge in [0.15, 0.2) is 11.5 Å². The maximum atomic E-state index is 13.4. The van der Waals surface area contributed by atoms with Crippen molar-refractivity contribution in [3.63, 3.8) is 0 Å². The van der Waals surface area contributed by atoms with E-state index in [1.54, 1.807) is 13.0 Å². The lowest BCUT2D eigenvalue weighted by molar-refractivity contribution is -0.286. The Morgan fingerprint density at radius 2 is 1.89 bits per heavy atom. The summed E-state index contributed by atoms with van der Waals surface area (Å²) in [5, 5.41) is 23.6. The minimum Gasteiger partial charge on any atom is -0.395 e. The number of nitrogens with zero attached hydrogens (tertiary/aromatic N) is 1. The number of aliphatic hydroxyl groups excluding tert-OH is 2. The molecule has 2 aliphatic heterocycles. The molecule has 36 heavy (non-hydrogen) atoms. The molecule has 1 amide bonds. The smallest absolute Gasteiger partial charge is 0.395 e. The predicted molar refractivity (Wildman–Crippen MR) is 125 cm³/mol. The van der Waals surface area contributed by atoms with E-state index in [0.29, 0.717) is 30.6 Å². The summed E-state index contributed by atoms with van der Waals surface area (Å²) in [6.45, 7) is 3.72. The summed E-state index contributed by atoms with van der Waals surface area (Å²) in [7, 11) is 0. The molecule has 0 spiro atoms. The van der Waals surface area contributed by atoms with Crippen LogP contribution in [-0.2, 0) is 27.1 Å². The van der Waals surface area contributed by atoms with Crippen molar-refractivity contribution in [2.75, 3.05) is 18.5 Å². The molecule has 1 fully saturated rings. The van der Waals surface area contributed by atoms with Crippen molar-refractivity contribution < 1.29 is 38.0 Å². The fourth-order valence-corrected chi connectivity index (χ4v) is 5.33. The zero-order valence-corrected chi connectivity index (χ0v) is 19.8. The number of hydrogen-bond donors (Lipinski definition) is 3. The zero-order chi connectivity index (χ0) is 25.5. The van der Waals surface area contributed by atoms with Gasteiger partial charge in [-0.15, -0.1) is 8.78 Å². The molecule has 1 aromatic heterocycles. The first-order valence-corrected chi connectivity index (χ1v) is 11.8. The number of halogens is 2. The molecule has 10 heteroatoms. The molecule has 3 aliphatic rings. The SMILES string of the molecule is Cc1cc2c(cc1NC(=O)C1(c3ccc4c(c3)OC(F)(F)O4)CC1)cc1n2C[C@H](CO)OC1(C)CO. The molecule has 3 heterocycles. The van der Waals surface area contributed by atoms with Gasteiger partial charge in [-0.05, 0) is 68.1 Å². The minimum absolute atomic E-state index is 0.0544. The van der Waals surface area contributed by atoms with Crippen LogP contribution in [0.15, 0.2) is 36.4 Å². The number of ether oxygens (including phenoxy) is 3. The Balaban J connectivity index is 1.31. The van der Waals surface area contributed by atoms with Crippen LogP contribution in [0.1, 0.15) is 36.6 Å². The summed E-state index contributed by atoms with van der Waals surface area (Å²) in [5.74, 6) is -0.353. The van der Waals surface area contributed by atoms with Crippen LogP contribution in [0.5, 0.6) is 11.5 Å². The lowest BCUT2D eigenvalue weighted by Crippen LogP contribution is -2.44. The average Bonchev–Trinajstić information content (AvgIpc) is 3.49. The number of aryl methyl sites for hydroxylation is 1. The second-order valence-electron chi connectivity index (χ2n) is 10.0. The van der Waals surface area contributed by atoms with Gasteiger partial charge in [0, 0.05) is 16.6 Å². The van der Waals surface area contributed by atoms with Crippen molar-refractivity contribution in [1.29, 1.82) is 0 Å². The Bertz CT molecular complexity index is 1400. The summed E-state index contributed by atoms with van der Waals surface area (Å²) in [6, 6.07) is 10.3. The van der Waals surface area contributed by atoms with Crippen LogP contribution in [0.2, 0.25) is 0 Å². The minimum atomic E-state index is -3.71. The first-order chi connectivity index (χ1) is 17.1. The Morgan fingerprint density at radius 1 is 1.14 bits per heavy atom. The number of aromatic nitrogens is 1. The first-order valence-electron chi connectivity index (χ1n) is 11.8. The third-order valence-electron chi connectivity index (χ3n) is 7.49. The van der Waals surface area contributed by atoms with Gasteiger partial charge in [-0.25, -0.2) is 0 Å². The number of alkyl halides is 2. The molecule has 2 aromatic carbocycles. The van der Waals surface area contributed by atoms with Gasteiger partial charge in [-0.3, -0.25) is 4.79 Å². The molecule has 0 bridgehead atoms. The number of carbonyl (C=O) groups is 1. The van der Waals surface area contributed by atoms with Crippen molar-refractivity contribution in [2.45, 2.75) is 56.6 Å². The van der Waals surface area contributed by atoms with E-state index in [4.69, 9.17) is 4.74 Å². The Labute approximate surface area is 205 Å². The third-order valence-corrected chi connectivity index (χ3v) is 7.49. The molecule has 0 saturated heterocycles. The summed E-state index contributed by atoms with van der Waals surface area (Å²) in [6.07, 6.45) is -2.98. The van der Waals surface area contributed by atoms with Gasteiger partial charge in [0.25, 0.3) is 0 Å². The van der Waals surface area contributed by atoms with Crippen molar-refractivity contribution >= 4 is 22.5 Å². The second kappa shape index (κ2) is 7.64. The molecule has 8 nitrogen and oxygen atoms in total. The summed E-state index contributed by atoms with van der Waals surface area (Å²) >= 11 is 0. The third kappa shape index (κ3) is 3.47. The van der Waals surface area contributed by atoms with E-state index in [9.17, 15) is 23.8 Å². The predicted octanol–water partition coefficient (Wildman–Crippen LogP) is 3.54. The fraction of sp³-hybridized carbons (Fsp3) is 0.423. The molecule has 3 N–H and O–H groups in total. The van der Waals surface area contributed by atoms with Gasteiger partial charge in [-0.2, -0.15) is 0 Å². The first kappa shape index (κ1) is 23.2. The highest BCUT2D eigenvalue weighted by molar-refractivity contribution is 6.03. The molecule has 2 atom stereocenters. The average molecular weight is 500 g/mol. The van der Waals surface area contributed by atoms with Gasteiger partial charge in [0.05, 0.1) is 37.0 Å². The maximum Gasteiger partial charge on any atom is 0.586 e. The monoisotopic (exact) mass is 500 g/mol. The quantitative estimate of drug-likeness (QED) is 0.496. The van der Waals surface area contributed by atoms with E-state index >= 15 is 0 Å². The number of hydrogen-bond acceptors (Lipinski definition) is 6. The highest BCUT2D eigenvalue weighted by Gasteiger charge is 2.53. The Morgan fingerprint density at radius 3 is 2.58 bits per heavy atom. The van der Waals surface area contributed by atoms with Crippen LogP contribution >= 0.6 is 0 Å². The van der Waals surface area contributed by atoms with Crippen molar-refractivity contribution in [1.82, 2.24) is 4.57 Å². The van der Waals surface area contributed by atoms with E-state index in [2.05, 4.69) is 14.8 Å². The van der Waals surface area contributed by atoms with Crippen LogP contribution < -0.4 is 14.8 Å². The van der Waals surface area contributed by atoms with Crippen molar-refractivity contribution in [3.05, 3.63) is 53.2 Å². The highest BCUT2D eigenvalue weighted by atomic mass is 19.3. The van der Waals surface area contributed by atoms with Gasteiger partial charge >= 0.3 is 6.29 Å². The molecule has 1 saturated carbocycles. The van der Waals surface area contributed by atoms with Crippen LogP contribution in [0.3, 0.4) is 0 Å². The maximum absolute atomic E-state index is 13.4. The lowest BCUT2D eigenvalue weighted by Gasteiger charge is -2.38. The molecule has 1 unspecified atom stereocenters. The number of benzene rings is 2. The molecule has 190 valence electrons. The van der Waals surface area contributed by atoms with Crippen LogP contribution in [0, 0.1) is 6.92 Å². The number of aliphatic hydroxyl groups is 2. The number of rotatable bonds is 5. The number of nitrogens with one attached hydrogen (secondary N) is 1. The largest absolute Gasteiger partial charge is 0.586 e. The number of carbonyl (C=O) groups excluding carboxylic acids is 1. The van der Waals surface area contributed by atoms with Gasteiger partial charge in [0.2, 0.25) is 5.91 Å². The summed E-state index contributed by atoms with van der Waals surface area (Å²) in [4.78, 5) is 13.4. The molecule has 3 aromatic rings. The highest BCUT2D eigenvalue weighted by Crippen LogP contribution is 2.52. The molecule has 1 aliphatic carbocycles. The van der Waals surface area contributed by atoms with Crippen molar-refractivity contribution in [3.8, 4) is 11.5 Å². The normalized spacial score (nSPS) is 25.0. The van der Waals surface area contributed by atoms with E-state index in [-0.39, 0.29) is 30.6 Å². The van der Waals surface area contributed by atoms with E-state index < -0.39 is 23.4 Å². The lowest BCUT2D eigenvalue weighted by atomic mass is 9.94. The topological polar surface area (TPSA) is 102 Å². The van der Waals surface area contributed by atoms with Crippen LogP contribution in [-0.4, -0.2) is 46.3 Å². The summed E-state index contributed by atoms with van der Waals surface area (Å²) in [5.41, 5.74) is 2.01. The molecular weight excluding hydrogens is 474 g/mol. The number of amides is 1.